The standard InChI is InChI=1S/C25H28Cl2N2O2S/c1-24(2,3)15-25(4,5)16-6-9-18(10-7-16)31-13-22(30)29-23-28-21(14-32-23)19-11-8-17(26)12-20(19)27/h6-12,14H,13,15H2,1-5H3,(H,28,29,30). The zero-order valence-corrected chi connectivity index (χ0v) is 21.3. The maximum Gasteiger partial charge on any atom is 0.264 e. The molecule has 0 saturated carbocycles. The lowest BCUT2D eigenvalue weighted by atomic mass is 9.72. The number of halogens is 2. The van der Waals surface area contributed by atoms with E-state index in [1.54, 1.807) is 18.2 Å². The van der Waals surface area contributed by atoms with Crippen molar-refractivity contribution in [1.29, 1.82) is 0 Å². The minimum absolute atomic E-state index is 0.0592. The Kier molecular flexibility index (Phi) is 7.53. The van der Waals surface area contributed by atoms with Gasteiger partial charge in [0.15, 0.2) is 11.7 Å². The molecule has 1 aromatic heterocycles. The van der Waals surface area contributed by atoms with Crippen LogP contribution in [0, 0.1) is 5.41 Å². The fraction of sp³-hybridized carbons (Fsp3) is 0.360. The number of ether oxygens (including phenoxy) is 1. The minimum atomic E-state index is -0.273. The highest BCUT2D eigenvalue weighted by atomic mass is 35.5. The number of thiazole rings is 1. The summed E-state index contributed by atoms with van der Waals surface area (Å²) in [5.41, 5.74) is 3.00. The number of hydrogen-bond acceptors (Lipinski definition) is 4. The molecule has 3 aromatic rings. The van der Waals surface area contributed by atoms with E-state index < -0.39 is 0 Å². The normalized spacial score (nSPS) is 12.0. The van der Waals surface area contributed by atoms with E-state index >= 15 is 0 Å². The lowest BCUT2D eigenvalue weighted by Gasteiger charge is -2.33. The summed E-state index contributed by atoms with van der Waals surface area (Å²) in [6, 6.07) is 13.2. The van der Waals surface area contributed by atoms with Gasteiger partial charge in [-0.25, -0.2) is 4.98 Å². The number of carbonyl (C=O) groups excluding carboxylic acids is 1. The van der Waals surface area contributed by atoms with Gasteiger partial charge in [-0.3, -0.25) is 10.1 Å². The number of rotatable bonds is 7. The molecule has 0 aliphatic heterocycles. The van der Waals surface area contributed by atoms with Crippen LogP contribution in [-0.2, 0) is 10.2 Å². The van der Waals surface area contributed by atoms with Crippen molar-refractivity contribution in [2.45, 2.75) is 46.5 Å². The summed E-state index contributed by atoms with van der Waals surface area (Å²) in [5.74, 6) is 0.383. The highest BCUT2D eigenvalue weighted by Crippen LogP contribution is 2.37. The molecule has 0 fully saturated rings. The summed E-state index contributed by atoms with van der Waals surface area (Å²) in [7, 11) is 0. The summed E-state index contributed by atoms with van der Waals surface area (Å²) < 4.78 is 5.66. The molecule has 32 heavy (non-hydrogen) atoms. The van der Waals surface area contributed by atoms with E-state index in [9.17, 15) is 4.79 Å². The monoisotopic (exact) mass is 490 g/mol. The van der Waals surface area contributed by atoms with E-state index in [-0.39, 0.29) is 23.3 Å². The van der Waals surface area contributed by atoms with Crippen molar-refractivity contribution in [2.24, 2.45) is 5.41 Å². The maximum absolute atomic E-state index is 12.3. The summed E-state index contributed by atoms with van der Waals surface area (Å²) in [6.07, 6.45) is 1.07. The minimum Gasteiger partial charge on any atom is -0.484 e. The van der Waals surface area contributed by atoms with Crippen molar-refractivity contribution in [1.82, 2.24) is 4.98 Å². The molecule has 0 aliphatic carbocycles. The van der Waals surface area contributed by atoms with Gasteiger partial charge in [0, 0.05) is 16.0 Å². The molecule has 0 aliphatic rings. The van der Waals surface area contributed by atoms with E-state index in [0.29, 0.717) is 26.6 Å². The Morgan fingerprint density at radius 3 is 2.38 bits per heavy atom. The van der Waals surface area contributed by atoms with Gasteiger partial charge in [0.25, 0.3) is 5.91 Å². The first-order valence-electron chi connectivity index (χ1n) is 10.4. The van der Waals surface area contributed by atoms with Crippen molar-refractivity contribution < 1.29 is 9.53 Å². The Morgan fingerprint density at radius 2 is 1.75 bits per heavy atom. The third kappa shape index (κ3) is 6.71. The number of anilines is 1. The molecule has 0 unspecified atom stereocenters. The van der Waals surface area contributed by atoms with Crippen LogP contribution >= 0.6 is 34.5 Å². The number of nitrogens with one attached hydrogen (secondary N) is 1. The second-order valence-corrected chi connectivity index (χ2v) is 11.3. The van der Waals surface area contributed by atoms with Crippen molar-refractivity contribution in [2.75, 3.05) is 11.9 Å². The molecule has 0 radical (unpaired) electrons. The van der Waals surface area contributed by atoms with E-state index in [1.165, 1.54) is 16.9 Å². The first-order valence-corrected chi connectivity index (χ1v) is 12.0. The van der Waals surface area contributed by atoms with Crippen LogP contribution in [0.3, 0.4) is 0 Å². The molecule has 0 bridgehead atoms. The molecule has 3 rings (SSSR count). The molecule has 2 aromatic carbocycles. The SMILES string of the molecule is CC(C)(C)CC(C)(C)c1ccc(OCC(=O)Nc2nc(-c3ccc(Cl)cc3Cl)cs2)cc1. The summed E-state index contributed by atoms with van der Waals surface area (Å²) in [6.45, 7) is 11.2. The molecule has 0 saturated heterocycles. The molecule has 0 spiro atoms. The Balaban J connectivity index is 1.56. The van der Waals surface area contributed by atoms with Gasteiger partial charge in [0.05, 0.1) is 10.7 Å². The first-order chi connectivity index (χ1) is 14.9. The predicted octanol–water partition coefficient (Wildman–Crippen LogP) is 7.85. The van der Waals surface area contributed by atoms with Crippen LogP contribution in [0.2, 0.25) is 10.0 Å². The van der Waals surface area contributed by atoms with Gasteiger partial charge < -0.3 is 4.74 Å². The van der Waals surface area contributed by atoms with Crippen LogP contribution in [0.15, 0.2) is 47.8 Å². The number of benzene rings is 2. The van der Waals surface area contributed by atoms with Crippen LogP contribution in [0.4, 0.5) is 5.13 Å². The van der Waals surface area contributed by atoms with Crippen LogP contribution in [0.1, 0.15) is 46.6 Å². The summed E-state index contributed by atoms with van der Waals surface area (Å²) in [5, 5.41) is 6.16. The van der Waals surface area contributed by atoms with E-state index in [4.69, 9.17) is 27.9 Å². The second-order valence-electron chi connectivity index (χ2n) is 9.64. The van der Waals surface area contributed by atoms with Crippen molar-refractivity contribution in [3.63, 3.8) is 0 Å². The van der Waals surface area contributed by atoms with Gasteiger partial charge in [0.1, 0.15) is 5.75 Å². The van der Waals surface area contributed by atoms with Gasteiger partial charge >= 0.3 is 0 Å². The summed E-state index contributed by atoms with van der Waals surface area (Å²) >= 11 is 13.5. The third-order valence-electron chi connectivity index (χ3n) is 4.94. The molecular weight excluding hydrogens is 463 g/mol. The van der Waals surface area contributed by atoms with Gasteiger partial charge in [-0.2, -0.15) is 0 Å². The van der Waals surface area contributed by atoms with Crippen LogP contribution in [0.25, 0.3) is 11.3 Å². The quantitative estimate of drug-likeness (QED) is 0.366. The van der Waals surface area contributed by atoms with Gasteiger partial charge in [-0.05, 0) is 53.1 Å². The zero-order chi connectivity index (χ0) is 23.5. The number of nitrogens with zero attached hydrogens (tertiary/aromatic N) is 1. The predicted molar refractivity (Wildman–Crippen MR) is 135 cm³/mol. The highest BCUT2D eigenvalue weighted by Gasteiger charge is 2.27. The molecule has 4 nitrogen and oxygen atoms in total. The smallest absolute Gasteiger partial charge is 0.264 e. The zero-order valence-electron chi connectivity index (χ0n) is 19.0. The van der Waals surface area contributed by atoms with Crippen LogP contribution in [-0.4, -0.2) is 17.5 Å². The number of amides is 1. The lowest BCUT2D eigenvalue weighted by Crippen LogP contribution is -2.24. The molecule has 1 heterocycles. The van der Waals surface area contributed by atoms with E-state index in [2.05, 4.69) is 57.1 Å². The summed E-state index contributed by atoms with van der Waals surface area (Å²) in [4.78, 5) is 16.8. The molecule has 1 amide bonds. The van der Waals surface area contributed by atoms with Gasteiger partial charge in [0.2, 0.25) is 0 Å². The van der Waals surface area contributed by atoms with Crippen molar-refractivity contribution in [3.05, 3.63) is 63.5 Å². The average molecular weight is 491 g/mol. The molecule has 170 valence electrons. The average Bonchev–Trinajstić information content (AvgIpc) is 3.13. The number of hydrogen-bond donors (Lipinski definition) is 1. The van der Waals surface area contributed by atoms with Gasteiger partial charge in [-0.1, -0.05) is 70.0 Å². The van der Waals surface area contributed by atoms with Crippen LogP contribution < -0.4 is 10.1 Å². The Hall–Kier alpha value is -2.08. The second kappa shape index (κ2) is 9.82. The lowest BCUT2D eigenvalue weighted by molar-refractivity contribution is -0.118. The van der Waals surface area contributed by atoms with Gasteiger partial charge in [-0.15, -0.1) is 11.3 Å². The van der Waals surface area contributed by atoms with E-state index in [0.717, 1.165) is 12.0 Å². The molecular formula is C25H28Cl2N2O2S. The third-order valence-corrected chi connectivity index (χ3v) is 6.24. The fourth-order valence-corrected chi connectivity index (χ4v) is 5.12. The Bertz CT molecular complexity index is 1090. The molecule has 7 heteroatoms. The van der Waals surface area contributed by atoms with Crippen LogP contribution in [0.5, 0.6) is 5.75 Å². The Morgan fingerprint density at radius 1 is 1.06 bits per heavy atom. The Labute approximate surface area is 203 Å². The topological polar surface area (TPSA) is 51.2 Å². The van der Waals surface area contributed by atoms with E-state index in [1.807, 2.05) is 17.5 Å². The van der Waals surface area contributed by atoms with Crippen molar-refractivity contribution in [3.8, 4) is 17.0 Å². The molecule has 1 N–H and O–H groups in total. The number of carbonyl (C=O) groups is 1. The largest absolute Gasteiger partial charge is 0.484 e. The molecule has 0 atom stereocenters. The fourth-order valence-electron chi connectivity index (χ4n) is 3.89. The van der Waals surface area contributed by atoms with Crippen molar-refractivity contribution >= 4 is 45.6 Å². The highest BCUT2D eigenvalue weighted by molar-refractivity contribution is 7.14. The maximum atomic E-state index is 12.3. The first kappa shape index (κ1) is 24.6. The number of aromatic nitrogens is 1.